The van der Waals surface area contributed by atoms with Gasteiger partial charge in [-0.2, -0.15) is 0 Å². The Labute approximate surface area is 199 Å². The maximum atomic E-state index is 5.02. The van der Waals surface area contributed by atoms with Gasteiger partial charge in [-0.25, -0.2) is 0 Å². The molecule has 3 aromatic rings. The molecule has 0 aromatic heterocycles. The fourth-order valence-corrected chi connectivity index (χ4v) is 2.78. The van der Waals surface area contributed by atoms with E-state index in [1.54, 1.807) is 21.3 Å². The van der Waals surface area contributed by atoms with Crippen LogP contribution in [0.15, 0.2) is 111 Å². The average Bonchev–Trinajstić information content (AvgIpc) is 2.87. The maximum absolute atomic E-state index is 5.02. The van der Waals surface area contributed by atoms with Gasteiger partial charge >= 0.3 is 0 Å². The van der Waals surface area contributed by atoms with Crippen LogP contribution in [-0.2, 0) is 19.3 Å². The molecule has 3 nitrogen and oxygen atoms in total. The minimum atomic E-state index is 0.901. The molecule has 0 aliphatic carbocycles. The van der Waals surface area contributed by atoms with Crippen LogP contribution in [0.25, 0.3) is 0 Å². The van der Waals surface area contributed by atoms with Crippen molar-refractivity contribution in [3.8, 4) is 17.2 Å². The minimum absolute atomic E-state index is 0.901. The van der Waals surface area contributed by atoms with Crippen molar-refractivity contribution >= 4 is 0 Å². The summed E-state index contributed by atoms with van der Waals surface area (Å²) >= 11 is 0. The van der Waals surface area contributed by atoms with Gasteiger partial charge in [-0.05, 0) is 72.4 Å². The van der Waals surface area contributed by atoms with Crippen LogP contribution >= 0.6 is 0 Å². The van der Waals surface area contributed by atoms with Gasteiger partial charge in [0.15, 0.2) is 0 Å². The van der Waals surface area contributed by atoms with Crippen molar-refractivity contribution in [2.45, 2.75) is 19.3 Å². The van der Waals surface area contributed by atoms with Gasteiger partial charge < -0.3 is 14.2 Å². The van der Waals surface area contributed by atoms with Gasteiger partial charge in [0, 0.05) is 0 Å². The monoisotopic (exact) mass is 444 g/mol. The number of hydrogen-bond acceptors (Lipinski definition) is 3. The van der Waals surface area contributed by atoms with E-state index in [-0.39, 0.29) is 0 Å². The first-order chi connectivity index (χ1) is 16.1. The largest absolute Gasteiger partial charge is 0.497 e. The van der Waals surface area contributed by atoms with E-state index in [2.05, 4.69) is 19.7 Å². The Hall–Kier alpha value is -3.72. The van der Waals surface area contributed by atoms with Crippen molar-refractivity contribution in [3.63, 3.8) is 0 Å². The highest BCUT2D eigenvalue weighted by Crippen LogP contribution is 2.13. The van der Waals surface area contributed by atoms with Gasteiger partial charge in [-0.15, -0.1) is 19.7 Å². The molecule has 0 heterocycles. The van der Waals surface area contributed by atoms with Gasteiger partial charge in [0.05, 0.1) is 21.3 Å². The third-order valence-electron chi connectivity index (χ3n) is 4.62. The molecule has 0 atom stereocenters. The van der Waals surface area contributed by atoms with Crippen LogP contribution in [0.1, 0.15) is 16.7 Å². The van der Waals surface area contributed by atoms with E-state index in [0.717, 1.165) is 36.5 Å². The van der Waals surface area contributed by atoms with E-state index >= 15 is 0 Å². The second kappa shape index (κ2) is 16.9. The van der Waals surface area contributed by atoms with Gasteiger partial charge in [0.25, 0.3) is 0 Å². The third kappa shape index (κ3) is 11.5. The lowest BCUT2D eigenvalue weighted by atomic mass is 10.1. The second-order valence-corrected chi connectivity index (χ2v) is 7.02. The molecule has 0 saturated heterocycles. The van der Waals surface area contributed by atoms with E-state index in [9.17, 15) is 0 Å². The number of methoxy groups -OCH3 is 3. The first-order valence-corrected chi connectivity index (χ1v) is 10.8. The molecule has 0 unspecified atom stereocenters. The molecule has 0 fully saturated rings. The summed E-state index contributed by atoms with van der Waals surface area (Å²) in [5.41, 5.74) is 3.79. The highest BCUT2D eigenvalue weighted by molar-refractivity contribution is 5.29. The topological polar surface area (TPSA) is 27.7 Å². The van der Waals surface area contributed by atoms with Crippen LogP contribution in [0.5, 0.6) is 17.2 Å². The first kappa shape index (κ1) is 27.3. The number of allylic oxidation sites excluding steroid dienone is 3. The second-order valence-electron chi connectivity index (χ2n) is 7.02. The molecule has 0 N–H and O–H groups in total. The fourth-order valence-electron chi connectivity index (χ4n) is 2.78. The molecule has 3 heteroatoms. The summed E-state index contributed by atoms with van der Waals surface area (Å²) in [5.74, 6) is 2.70. The van der Waals surface area contributed by atoms with E-state index in [1.165, 1.54) is 16.7 Å². The Kier molecular flexibility index (Phi) is 14.0. The summed E-state index contributed by atoms with van der Waals surface area (Å²) in [4.78, 5) is 0. The highest BCUT2D eigenvalue weighted by Gasteiger charge is 1.92. The molecule has 33 heavy (non-hydrogen) atoms. The van der Waals surface area contributed by atoms with Crippen molar-refractivity contribution < 1.29 is 14.2 Å². The third-order valence-corrected chi connectivity index (χ3v) is 4.62. The standard InChI is InChI=1S/3C10H12O/c3*1-3-4-9-5-7-10(11-2)8-6-9/h3*3,5-8H,1,4H2,2H3. The van der Waals surface area contributed by atoms with Crippen molar-refractivity contribution in [1.29, 1.82) is 0 Å². The SMILES string of the molecule is C=CCc1ccc(OC)cc1.C=CCc1ccc(OC)cc1.C=CCc1ccc(OC)cc1. The molecular weight excluding hydrogens is 408 g/mol. The summed E-state index contributed by atoms with van der Waals surface area (Å²) in [6.07, 6.45) is 8.43. The number of benzene rings is 3. The minimum Gasteiger partial charge on any atom is -0.497 e. The predicted octanol–water partition coefficient (Wildman–Crippen LogP) is 7.27. The molecule has 0 aliphatic rings. The van der Waals surface area contributed by atoms with Crippen molar-refractivity contribution in [2.24, 2.45) is 0 Å². The average molecular weight is 445 g/mol. The molecule has 0 aliphatic heterocycles. The van der Waals surface area contributed by atoms with Gasteiger partial charge in [0.2, 0.25) is 0 Å². The van der Waals surface area contributed by atoms with E-state index < -0.39 is 0 Å². The smallest absolute Gasteiger partial charge is 0.118 e. The Morgan fingerprint density at radius 2 is 0.667 bits per heavy atom. The van der Waals surface area contributed by atoms with Crippen LogP contribution in [0.4, 0.5) is 0 Å². The molecule has 0 spiro atoms. The maximum Gasteiger partial charge on any atom is 0.118 e. The summed E-state index contributed by atoms with van der Waals surface area (Å²) in [7, 11) is 5.01. The van der Waals surface area contributed by atoms with Crippen LogP contribution in [0.3, 0.4) is 0 Å². The molecule has 0 radical (unpaired) electrons. The molecule has 3 rings (SSSR count). The lowest BCUT2D eigenvalue weighted by molar-refractivity contribution is 0.414. The van der Waals surface area contributed by atoms with Crippen molar-refractivity contribution in [1.82, 2.24) is 0 Å². The van der Waals surface area contributed by atoms with Gasteiger partial charge in [-0.1, -0.05) is 54.6 Å². The summed E-state index contributed by atoms with van der Waals surface area (Å²) < 4.78 is 15.1. The molecule has 0 bridgehead atoms. The zero-order valence-electron chi connectivity index (χ0n) is 20.1. The van der Waals surface area contributed by atoms with Crippen molar-refractivity contribution in [3.05, 3.63) is 127 Å². The molecule has 3 aromatic carbocycles. The van der Waals surface area contributed by atoms with Crippen LogP contribution in [0, 0.1) is 0 Å². The quantitative estimate of drug-likeness (QED) is 0.325. The van der Waals surface area contributed by atoms with Crippen LogP contribution in [-0.4, -0.2) is 21.3 Å². The number of hydrogen-bond donors (Lipinski definition) is 0. The van der Waals surface area contributed by atoms with Gasteiger partial charge in [-0.3, -0.25) is 0 Å². The number of ether oxygens (including phenoxy) is 3. The van der Waals surface area contributed by atoms with E-state index in [0.29, 0.717) is 0 Å². The summed E-state index contributed by atoms with van der Waals surface area (Å²) in [6, 6.07) is 24.0. The Morgan fingerprint density at radius 3 is 0.818 bits per heavy atom. The first-order valence-electron chi connectivity index (χ1n) is 10.8. The lowest BCUT2D eigenvalue weighted by Crippen LogP contribution is -1.83. The van der Waals surface area contributed by atoms with E-state index in [1.807, 2.05) is 91.0 Å². The molecule has 0 amide bonds. The molecule has 174 valence electrons. The normalized spacial score (nSPS) is 9.18. The fraction of sp³-hybridized carbons (Fsp3) is 0.200. The van der Waals surface area contributed by atoms with Crippen LogP contribution in [0.2, 0.25) is 0 Å². The predicted molar refractivity (Wildman–Crippen MR) is 141 cm³/mol. The zero-order valence-corrected chi connectivity index (χ0v) is 20.1. The summed E-state index contributed by atoms with van der Waals surface area (Å²) in [6.45, 7) is 11.0. The molecular formula is C30H36O3. The summed E-state index contributed by atoms with van der Waals surface area (Å²) in [5, 5.41) is 0. The number of rotatable bonds is 9. The van der Waals surface area contributed by atoms with Gasteiger partial charge in [0.1, 0.15) is 17.2 Å². The highest BCUT2D eigenvalue weighted by atomic mass is 16.5. The zero-order chi connectivity index (χ0) is 24.3. The Balaban J connectivity index is 0.000000247. The van der Waals surface area contributed by atoms with E-state index in [4.69, 9.17) is 14.2 Å². The Morgan fingerprint density at radius 1 is 0.455 bits per heavy atom. The Bertz CT molecular complexity index is 797. The van der Waals surface area contributed by atoms with Crippen LogP contribution < -0.4 is 14.2 Å². The lowest BCUT2D eigenvalue weighted by Gasteiger charge is -1.99. The van der Waals surface area contributed by atoms with Crippen molar-refractivity contribution in [2.75, 3.05) is 21.3 Å². The molecule has 0 saturated carbocycles.